The SMILES string of the molecule is O=S(=O)([O-])OC[C@H]1O[C@H](OC2(OS(=O)(=O)[O-])CCC(OS(=O)(=O)[O-])C2OS(=O)(=O)[O-])[C@H](OS(=O)(=O)[O-])[C@@H](OS(=O)(=O)[O-])[C@@H]1OS(=O)(=O)[O-].[Na+].[Na+].[Na+].[Na+].[Na+].[Na+].[Na+]. The van der Waals surface area contributed by atoms with Gasteiger partial charge in [-0.1, -0.05) is 0 Å². The third-order valence-corrected chi connectivity index (χ3v) is 8.44. The first-order valence-electron chi connectivity index (χ1n) is 10.9. The van der Waals surface area contributed by atoms with Crippen LogP contribution in [0.2, 0.25) is 0 Å². The Morgan fingerprint density at radius 3 is 1.24 bits per heavy atom. The number of ether oxygens (including phenoxy) is 2. The van der Waals surface area contributed by atoms with Crippen molar-refractivity contribution in [1.82, 2.24) is 0 Å². The minimum Gasteiger partial charge on any atom is -0.726 e. The third-order valence-electron chi connectivity index (χ3n) is 5.22. The molecule has 1 saturated carbocycles. The quantitative estimate of drug-likeness (QED) is 0.0565. The maximum atomic E-state index is 11.6. The van der Waals surface area contributed by atoms with E-state index in [0.29, 0.717) is 0 Å². The summed E-state index contributed by atoms with van der Waals surface area (Å²) in [5.74, 6) is -4.00. The van der Waals surface area contributed by atoms with Gasteiger partial charge in [-0.15, -0.1) is 0 Å². The molecule has 8 atom stereocenters. The zero-order chi connectivity index (χ0) is 37.5. The van der Waals surface area contributed by atoms with Crippen molar-refractivity contribution < 1.29 is 336 Å². The van der Waals surface area contributed by atoms with Crippen LogP contribution in [0.4, 0.5) is 0 Å². The number of hydrogen-bond donors (Lipinski definition) is 0. The molecule has 0 spiro atoms. The monoisotopic (exact) mass is 1010 g/mol. The Labute approximate surface area is 468 Å². The smallest absolute Gasteiger partial charge is 0.726 e. The molecule has 0 radical (unpaired) electrons. The fourth-order valence-electron chi connectivity index (χ4n) is 4.03. The van der Waals surface area contributed by atoms with Crippen molar-refractivity contribution in [2.24, 2.45) is 0 Å². The molecule has 1 saturated heterocycles. The fraction of sp³-hybridized carbons (Fsp3) is 1.00. The average molecular weight is 1010 g/mol. The van der Waals surface area contributed by atoms with Crippen LogP contribution in [0.25, 0.3) is 0 Å². The normalized spacial score (nSPS) is 27.5. The number of hydrogen-bond acceptors (Lipinski definition) is 30. The van der Waals surface area contributed by atoms with Crippen LogP contribution in [0.15, 0.2) is 0 Å². The maximum absolute atomic E-state index is 11.6. The van der Waals surface area contributed by atoms with Gasteiger partial charge in [-0.05, 0) is 6.42 Å². The summed E-state index contributed by atoms with van der Waals surface area (Å²) in [5.41, 5.74) is 0. The van der Waals surface area contributed by atoms with Crippen molar-refractivity contribution in [3.05, 3.63) is 0 Å². The first-order chi connectivity index (χ1) is 21.1. The van der Waals surface area contributed by atoms with Crippen LogP contribution in [0.1, 0.15) is 12.8 Å². The van der Waals surface area contributed by atoms with Crippen molar-refractivity contribution in [2.75, 3.05) is 6.61 Å². The summed E-state index contributed by atoms with van der Waals surface area (Å²) in [4.78, 5) is 0. The minimum absolute atomic E-state index is 0. The van der Waals surface area contributed by atoms with Gasteiger partial charge >= 0.3 is 207 Å². The first-order valence-corrected chi connectivity index (χ1v) is 20.2. The van der Waals surface area contributed by atoms with Crippen molar-refractivity contribution in [1.29, 1.82) is 0 Å². The summed E-state index contributed by atoms with van der Waals surface area (Å²) in [6.07, 6.45) is -25.5. The van der Waals surface area contributed by atoms with Gasteiger partial charge in [0, 0.05) is 6.42 Å². The molecule has 2 fully saturated rings. The molecule has 1 aliphatic heterocycles. The van der Waals surface area contributed by atoms with Crippen LogP contribution in [0, 0.1) is 0 Å². The van der Waals surface area contributed by atoms with Gasteiger partial charge in [-0.3, -0.25) is 25.1 Å². The van der Waals surface area contributed by atoms with Crippen molar-refractivity contribution in [2.45, 2.75) is 61.5 Å². The minimum atomic E-state index is -6.42. The second-order valence-electron chi connectivity index (χ2n) is 8.57. The Morgan fingerprint density at radius 2 is 0.873 bits per heavy atom. The summed E-state index contributed by atoms with van der Waals surface area (Å²) in [6, 6.07) is 0. The van der Waals surface area contributed by atoms with E-state index in [2.05, 4.69) is 29.3 Å². The molecule has 1 heterocycles. The van der Waals surface area contributed by atoms with Crippen molar-refractivity contribution in [3.8, 4) is 0 Å². The molecule has 0 N–H and O–H groups in total. The van der Waals surface area contributed by atoms with Crippen LogP contribution in [0.5, 0.6) is 0 Å². The molecular weight excluding hydrogens is 997 g/mol. The maximum Gasteiger partial charge on any atom is 1.00 e. The average Bonchev–Trinajstić information content (AvgIpc) is 3.05. The predicted octanol–water partition coefficient (Wildman–Crippen LogP) is -28.6. The zero-order valence-corrected chi connectivity index (χ0v) is 48.5. The molecule has 30 nitrogen and oxygen atoms in total. The van der Waals surface area contributed by atoms with Crippen LogP contribution < -0.4 is 207 Å². The van der Waals surface area contributed by atoms with Crippen LogP contribution in [-0.4, -0.2) is 146 Å². The first kappa shape index (κ1) is 72.6. The molecule has 1 aliphatic carbocycles. The summed E-state index contributed by atoms with van der Waals surface area (Å²) in [7, 11) is -43.8. The van der Waals surface area contributed by atoms with Gasteiger partial charge in [0.15, 0.2) is 18.5 Å². The Morgan fingerprint density at radius 1 is 0.491 bits per heavy atom. The molecule has 286 valence electrons. The van der Waals surface area contributed by atoms with Gasteiger partial charge in [-0.25, -0.2) is 63.1 Å². The van der Waals surface area contributed by atoms with E-state index in [4.69, 9.17) is 9.47 Å². The molecule has 2 rings (SSSR count). The standard InChI is InChI=1S/C11H20O30S7.7Na/c12-42(13,14)33-3-5-6(37-44(18,19)20)7(38-45(21,22)23)8(39-46(24,25)26)10(34-5)35-11(41-48(30,31)32)2-1-4(36-43(15,16)17)9(11)40-47(27,28)29;;;;;;;/h4-10H,1-3H2,(H,12,13,14)(H,15,16,17)(H,18,19,20)(H,21,22,23)(H,24,25,26)(H,27,28,29)(H,30,31,32);;;;;;;/q;7*+1/p-7/t4?,5-,6-,7+,8-,9?,10-,11?;;;;;;;/m1......./s1. The van der Waals surface area contributed by atoms with Gasteiger partial charge in [0.25, 0.3) is 0 Å². The Bertz CT molecular complexity index is 1980. The second-order valence-corrected chi connectivity index (χ2v) is 15.7. The van der Waals surface area contributed by atoms with E-state index in [-0.39, 0.29) is 207 Å². The van der Waals surface area contributed by atoms with E-state index < -0.39 is 141 Å². The topological polar surface area (TPSA) is 483 Å². The van der Waals surface area contributed by atoms with E-state index in [0.717, 1.165) is 0 Å². The third kappa shape index (κ3) is 28.6. The molecule has 0 aromatic heterocycles. The van der Waals surface area contributed by atoms with Gasteiger partial charge in [0.2, 0.25) is 78.6 Å². The van der Waals surface area contributed by atoms with E-state index in [9.17, 15) is 90.8 Å². The largest absolute Gasteiger partial charge is 1.00 e. The number of rotatable bonds is 17. The summed E-state index contributed by atoms with van der Waals surface area (Å²) in [5, 5.41) is 0. The fourth-order valence-corrected chi connectivity index (χ4v) is 7.39. The van der Waals surface area contributed by atoms with Crippen LogP contribution in [-0.2, 0) is 112 Å². The Balaban J connectivity index is -0.000000857. The van der Waals surface area contributed by atoms with Crippen molar-refractivity contribution in [3.63, 3.8) is 0 Å². The molecule has 3 unspecified atom stereocenters. The van der Waals surface area contributed by atoms with Gasteiger partial charge in [0.1, 0.15) is 24.4 Å². The van der Waals surface area contributed by atoms with Gasteiger partial charge in [-0.2, -0.15) is 0 Å². The van der Waals surface area contributed by atoms with E-state index >= 15 is 0 Å². The van der Waals surface area contributed by atoms with E-state index in [1.165, 1.54) is 0 Å². The van der Waals surface area contributed by atoms with E-state index in [1.807, 2.05) is 0 Å². The van der Waals surface area contributed by atoms with Crippen LogP contribution >= 0.6 is 0 Å². The molecule has 0 amide bonds. The zero-order valence-electron chi connectivity index (χ0n) is 28.8. The summed E-state index contributed by atoms with van der Waals surface area (Å²) < 4.78 is 275. The molecule has 0 aromatic carbocycles. The molecule has 55 heavy (non-hydrogen) atoms. The Hall–Kier alpha value is 6.01. The summed E-state index contributed by atoms with van der Waals surface area (Å²) >= 11 is 0. The van der Waals surface area contributed by atoms with Crippen LogP contribution in [0.3, 0.4) is 0 Å². The predicted molar refractivity (Wildman–Crippen MR) is 121 cm³/mol. The molecule has 0 bridgehead atoms. The summed E-state index contributed by atoms with van der Waals surface area (Å²) in [6.45, 7) is -2.01. The van der Waals surface area contributed by atoms with Gasteiger partial charge in [0.05, 0.1) is 6.61 Å². The van der Waals surface area contributed by atoms with Gasteiger partial charge < -0.3 is 41.3 Å². The molecule has 0 aromatic rings. The van der Waals surface area contributed by atoms with E-state index in [1.54, 1.807) is 0 Å². The second kappa shape index (κ2) is 27.6. The molecule has 2 aliphatic rings. The Kier molecular flexibility index (Phi) is 36.4. The molecular formula is C11H13Na7O30S7. The van der Waals surface area contributed by atoms with Crippen molar-refractivity contribution >= 4 is 72.8 Å². The molecule has 44 heteroatoms.